The van der Waals surface area contributed by atoms with E-state index in [2.05, 4.69) is 34.2 Å². The van der Waals surface area contributed by atoms with Crippen molar-refractivity contribution in [2.24, 2.45) is 0 Å². The van der Waals surface area contributed by atoms with E-state index in [1.807, 2.05) is 71.6 Å². The second-order valence-electron chi connectivity index (χ2n) is 9.72. The van der Waals surface area contributed by atoms with Gasteiger partial charge in [0.05, 0.1) is 13.2 Å². The fourth-order valence-electron chi connectivity index (χ4n) is 5.55. The number of carbonyl (C=O) groups excluding carboxylic acids is 1. The smallest absolute Gasteiger partial charge is 0.321 e. The first-order valence-electron chi connectivity index (χ1n) is 13.0. The number of urea groups is 1. The first-order chi connectivity index (χ1) is 18.2. The van der Waals surface area contributed by atoms with E-state index in [9.17, 15) is 15.0 Å². The van der Waals surface area contributed by atoms with Crippen LogP contribution in [0.5, 0.6) is 0 Å². The molecule has 5 rings (SSSR count). The summed E-state index contributed by atoms with van der Waals surface area (Å²) in [5, 5.41) is 22.9. The molecule has 2 fully saturated rings. The van der Waals surface area contributed by atoms with Crippen LogP contribution in [0.4, 0.5) is 10.5 Å². The van der Waals surface area contributed by atoms with E-state index in [0.29, 0.717) is 24.3 Å². The van der Waals surface area contributed by atoms with Gasteiger partial charge in [0, 0.05) is 53.5 Å². The number of carbonyl (C=O) groups is 1. The van der Waals surface area contributed by atoms with Crippen LogP contribution in [0.1, 0.15) is 41.0 Å². The monoisotopic (exact) mass is 495 g/mol. The third-order valence-corrected chi connectivity index (χ3v) is 7.51. The molecule has 0 saturated carbocycles. The first kappa shape index (κ1) is 25.0. The summed E-state index contributed by atoms with van der Waals surface area (Å²) in [6, 6.07) is 25.6. The Morgan fingerprint density at radius 1 is 0.865 bits per heavy atom. The van der Waals surface area contributed by atoms with E-state index in [4.69, 9.17) is 0 Å². The Kier molecular flexibility index (Phi) is 7.86. The van der Waals surface area contributed by atoms with Crippen LogP contribution in [0.15, 0.2) is 78.9 Å². The molecule has 6 nitrogen and oxygen atoms in total. The lowest BCUT2D eigenvalue weighted by Gasteiger charge is -2.57. The van der Waals surface area contributed by atoms with Crippen LogP contribution in [-0.2, 0) is 6.61 Å². The molecule has 2 aliphatic rings. The number of amides is 2. The van der Waals surface area contributed by atoms with Crippen LogP contribution >= 0.6 is 0 Å². The summed E-state index contributed by atoms with van der Waals surface area (Å²) in [5.41, 5.74) is 4.43. The Bertz CT molecular complexity index is 1270. The quantitative estimate of drug-likeness (QED) is 0.478. The van der Waals surface area contributed by atoms with Crippen LogP contribution in [0, 0.1) is 11.8 Å². The Hall–Kier alpha value is -3.63. The van der Waals surface area contributed by atoms with Gasteiger partial charge in [0.15, 0.2) is 0 Å². The molecule has 3 atom stereocenters. The zero-order valence-electron chi connectivity index (χ0n) is 20.9. The maximum Gasteiger partial charge on any atom is 0.321 e. The minimum absolute atomic E-state index is 0.0457. The standard InChI is InChI=1S/C31H33N3O3/c35-21-26-10-4-5-11-27(26)32-31(37)33-18-6-7-19-34-28(20-33)30(29(34)22-36)25-16-14-24(15-17-25)13-12-23-8-2-1-3-9-23/h1-5,8-11,14-17,28-30,35-36H,6-7,18-22H2,(H,32,37)/t28-,29+,30+/m0/s1. The lowest BCUT2D eigenvalue weighted by Crippen LogP contribution is -2.68. The molecule has 3 aromatic rings. The van der Waals surface area contributed by atoms with Crippen LogP contribution in [0.3, 0.4) is 0 Å². The fraction of sp³-hybridized carbons (Fsp3) is 0.323. The van der Waals surface area contributed by atoms with Crippen LogP contribution in [0.2, 0.25) is 0 Å². The summed E-state index contributed by atoms with van der Waals surface area (Å²) in [6.45, 7) is 2.16. The van der Waals surface area contributed by atoms with Gasteiger partial charge in [0.2, 0.25) is 0 Å². The van der Waals surface area contributed by atoms with E-state index in [-0.39, 0.29) is 37.2 Å². The van der Waals surface area contributed by atoms with Crippen LogP contribution in [0.25, 0.3) is 0 Å². The van der Waals surface area contributed by atoms with Gasteiger partial charge >= 0.3 is 6.03 Å². The number of aliphatic hydroxyl groups is 2. The van der Waals surface area contributed by atoms with Crippen molar-refractivity contribution in [1.82, 2.24) is 9.80 Å². The van der Waals surface area contributed by atoms with E-state index in [1.165, 1.54) is 0 Å². The number of nitrogens with one attached hydrogen (secondary N) is 1. The molecule has 6 heteroatoms. The molecule has 2 aliphatic heterocycles. The van der Waals surface area contributed by atoms with Gasteiger partial charge < -0.3 is 20.4 Å². The van der Waals surface area contributed by atoms with Gasteiger partial charge in [-0.3, -0.25) is 4.90 Å². The summed E-state index contributed by atoms with van der Waals surface area (Å²) in [7, 11) is 0. The number of nitrogens with zero attached hydrogens (tertiary/aromatic N) is 2. The Morgan fingerprint density at radius 2 is 1.54 bits per heavy atom. The number of para-hydroxylation sites is 1. The minimum Gasteiger partial charge on any atom is -0.395 e. The van der Waals surface area contributed by atoms with Crippen molar-refractivity contribution in [3.8, 4) is 11.8 Å². The van der Waals surface area contributed by atoms with Crippen molar-refractivity contribution in [3.63, 3.8) is 0 Å². The van der Waals surface area contributed by atoms with Gasteiger partial charge in [-0.2, -0.15) is 0 Å². The average molecular weight is 496 g/mol. The third kappa shape index (κ3) is 5.55. The Labute approximate surface area is 218 Å². The van der Waals surface area contributed by atoms with Crippen LogP contribution in [-0.4, -0.2) is 64.4 Å². The highest BCUT2D eigenvalue weighted by Crippen LogP contribution is 2.42. The highest BCUT2D eigenvalue weighted by atomic mass is 16.3. The molecule has 3 N–H and O–H groups in total. The summed E-state index contributed by atoms with van der Waals surface area (Å²) >= 11 is 0. The molecule has 3 aromatic carbocycles. The average Bonchev–Trinajstić information content (AvgIpc) is 2.92. The SMILES string of the molecule is O=C(Nc1ccccc1CO)N1CCCCN2[C@H](CO)[C@H](c3ccc(C#Cc4ccccc4)cc3)[C@@H]2C1. The molecule has 0 radical (unpaired) electrons. The number of rotatable bonds is 4. The van der Waals surface area contributed by atoms with Crippen molar-refractivity contribution in [2.75, 3.05) is 31.6 Å². The van der Waals surface area contributed by atoms with E-state index >= 15 is 0 Å². The normalized spacial score (nSPS) is 21.5. The molecule has 0 aromatic heterocycles. The number of aliphatic hydroxyl groups excluding tert-OH is 2. The van der Waals surface area contributed by atoms with Gasteiger partial charge in [-0.05, 0) is 55.3 Å². The van der Waals surface area contributed by atoms with Crippen LogP contribution < -0.4 is 5.32 Å². The molecular weight excluding hydrogens is 462 g/mol. The predicted molar refractivity (Wildman–Crippen MR) is 145 cm³/mol. The maximum atomic E-state index is 13.3. The predicted octanol–water partition coefficient (Wildman–Crippen LogP) is 4.04. The summed E-state index contributed by atoms with van der Waals surface area (Å²) in [6.07, 6.45) is 1.89. The zero-order chi connectivity index (χ0) is 25.6. The van der Waals surface area contributed by atoms with E-state index in [0.717, 1.165) is 36.1 Å². The zero-order valence-corrected chi connectivity index (χ0v) is 20.9. The van der Waals surface area contributed by atoms with E-state index < -0.39 is 0 Å². The van der Waals surface area contributed by atoms with Gasteiger partial charge in [-0.1, -0.05) is 60.4 Å². The van der Waals surface area contributed by atoms with Crippen molar-refractivity contribution >= 4 is 11.7 Å². The number of fused-ring (bicyclic) bond motifs is 1. The number of benzene rings is 3. The topological polar surface area (TPSA) is 76.0 Å². The van der Waals surface area contributed by atoms with Gasteiger partial charge in [-0.25, -0.2) is 4.79 Å². The van der Waals surface area contributed by atoms with E-state index in [1.54, 1.807) is 0 Å². The molecule has 2 amide bonds. The molecule has 0 aliphatic carbocycles. The molecule has 0 bridgehead atoms. The summed E-state index contributed by atoms with van der Waals surface area (Å²) in [5.74, 6) is 6.57. The van der Waals surface area contributed by atoms with Gasteiger partial charge in [-0.15, -0.1) is 0 Å². The van der Waals surface area contributed by atoms with Crippen molar-refractivity contribution in [2.45, 2.75) is 37.5 Å². The molecule has 0 unspecified atom stereocenters. The van der Waals surface area contributed by atoms with Gasteiger partial charge in [0.25, 0.3) is 0 Å². The van der Waals surface area contributed by atoms with Crippen molar-refractivity contribution in [1.29, 1.82) is 0 Å². The second-order valence-corrected chi connectivity index (χ2v) is 9.72. The molecule has 0 spiro atoms. The molecule has 2 saturated heterocycles. The van der Waals surface area contributed by atoms with Crippen molar-refractivity contribution < 1.29 is 15.0 Å². The molecule has 2 heterocycles. The highest BCUT2D eigenvalue weighted by Gasteiger charge is 2.49. The minimum atomic E-state index is -0.152. The highest BCUT2D eigenvalue weighted by molar-refractivity contribution is 5.90. The number of hydrogen-bond donors (Lipinski definition) is 3. The molecule has 190 valence electrons. The lowest BCUT2D eigenvalue weighted by atomic mass is 9.74. The number of anilines is 1. The van der Waals surface area contributed by atoms with Gasteiger partial charge in [0.1, 0.15) is 0 Å². The Morgan fingerprint density at radius 3 is 2.27 bits per heavy atom. The van der Waals surface area contributed by atoms with Crippen molar-refractivity contribution in [3.05, 3.63) is 101 Å². The number of hydrogen-bond acceptors (Lipinski definition) is 4. The Balaban J connectivity index is 1.32. The second kappa shape index (κ2) is 11.6. The fourth-order valence-corrected chi connectivity index (χ4v) is 5.55. The summed E-state index contributed by atoms with van der Waals surface area (Å²) in [4.78, 5) is 17.5. The third-order valence-electron chi connectivity index (χ3n) is 7.51. The largest absolute Gasteiger partial charge is 0.395 e. The molecule has 37 heavy (non-hydrogen) atoms. The lowest BCUT2D eigenvalue weighted by molar-refractivity contribution is -0.0585. The first-order valence-corrected chi connectivity index (χ1v) is 13.0. The molecular formula is C31H33N3O3. The summed E-state index contributed by atoms with van der Waals surface area (Å²) < 4.78 is 0. The maximum absolute atomic E-state index is 13.3.